The van der Waals surface area contributed by atoms with Crippen molar-refractivity contribution in [3.63, 3.8) is 0 Å². The van der Waals surface area contributed by atoms with Gasteiger partial charge in [0.15, 0.2) is 11.6 Å². The summed E-state index contributed by atoms with van der Waals surface area (Å²) >= 11 is 7.73. The van der Waals surface area contributed by atoms with Gasteiger partial charge in [0.1, 0.15) is 10.8 Å². The molecule has 0 unspecified atom stereocenters. The quantitative estimate of drug-likeness (QED) is 0.210. The van der Waals surface area contributed by atoms with Crippen LogP contribution >= 0.6 is 23.4 Å². The number of fused-ring (bicyclic) bond motifs is 2. The number of ether oxygens (including phenoxy) is 2. The number of nitrogens with zero attached hydrogens (tertiary/aromatic N) is 3. The van der Waals surface area contributed by atoms with E-state index in [-0.39, 0.29) is 18.3 Å². The number of thioether (sulfide) groups is 1. The number of hydrogen-bond acceptors (Lipinski definition) is 8. The van der Waals surface area contributed by atoms with Crippen molar-refractivity contribution >= 4 is 35.0 Å². The van der Waals surface area contributed by atoms with Crippen LogP contribution in [0.1, 0.15) is 22.4 Å². The van der Waals surface area contributed by atoms with Crippen molar-refractivity contribution in [3.8, 4) is 28.8 Å². The maximum Gasteiger partial charge on any atom is 0.234 e. The Kier molecular flexibility index (Phi) is 7.27. The summed E-state index contributed by atoms with van der Waals surface area (Å²) in [6.45, 7) is 1.68. The third kappa shape index (κ3) is 5.24. The molecule has 4 aromatic rings. The molecule has 2 aromatic carbocycles. The van der Waals surface area contributed by atoms with E-state index in [1.54, 1.807) is 43.6 Å². The fourth-order valence-corrected chi connectivity index (χ4v) is 5.03. The van der Waals surface area contributed by atoms with Gasteiger partial charge in [-0.1, -0.05) is 35.5 Å². The Morgan fingerprint density at radius 2 is 1.95 bits per heavy atom. The topological polar surface area (TPSA) is 106 Å². The van der Waals surface area contributed by atoms with Crippen LogP contribution in [0.4, 0.5) is 5.69 Å². The van der Waals surface area contributed by atoms with E-state index in [1.165, 1.54) is 11.8 Å². The van der Waals surface area contributed by atoms with Crippen LogP contribution in [0, 0.1) is 6.92 Å². The van der Waals surface area contributed by atoms with Gasteiger partial charge < -0.3 is 19.9 Å². The van der Waals surface area contributed by atoms with E-state index in [4.69, 9.17) is 26.1 Å². The molecule has 188 valence electrons. The van der Waals surface area contributed by atoms with Gasteiger partial charge in [-0.3, -0.25) is 9.78 Å². The van der Waals surface area contributed by atoms with Crippen molar-refractivity contribution in [3.05, 3.63) is 82.1 Å². The molecule has 8 nitrogen and oxygen atoms in total. The van der Waals surface area contributed by atoms with E-state index in [0.717, 1.165) is 11.1 Å². The first-order valence-corrected chi connectivity index (χ1v) is 12.8. The van der Waals surface area contributed by atoms with Gasteiger partial charge in [0, 0.05) is 35.0 Å². The lowest BCUT2D eigenvalue weighted by atomic mass is 9.99. The predicted molar refractivity (Wildman–Crippen MR) is 143 cm³/mol. The number of aliphatic hydroxyl groups is 1. The first-order valence-electron chi connectivity index (χ1n) is 11.5. The standard InChI is InChI=1S/C27H23ClN4O4S/c1-15-24-20(16(13-33)12-29-15)11-21-26(36-24)31-25(19-5-3-4-6-22(19)28)32-27(21)37-14-23(34)30-17-7-9-18(35-2)10-8-17/h3-10,12,33H,11,13-14H2,1-2H3,(H,30,34). The summed E-state index contributed by atoms with van der Waals surface area (Å²) in [7, 11) is 1.59. The van der Waals surface area contributed by atoms with Gasteiger partial charge >= 0.3 is 0 Å². The number of anilines is 1. The summed E-state index contributed by atoms with van der Waals surface area (Å²) in [4.78, 5) is 26.6. The monoisotopic (exact) mass is 534 g/mol. The Labute approximate surface area is 223 Å². The van der Waals surface area contributed by atoms with Crippen molar-refractivity contribution in [1.29, 1.82) is 0 Å². The second-order valence-corrected chi connectivity index (χ2v) is 9.67. The summed E-state index contributed by atoms with van der Waals surface area (Å²) < 4.78 is 11.4. The summed E-state index contributed by atoms with van der Waals surface area (Å²) in [5, 5.41) is 13.9. The average molecular weight is 535 g/mol. The van der Waals surface area contributed by atoms with Gasteiger partial charge in [-0.2, -0.15) is 4.98 Å². The summed E-state index contributed by atoms with van der Waals surface area (Å²) in [6.07, 6.45) is 2.09. The number of aromatic nitrogens is 3. The predicted octanol–water partition coefficient (Wildman–Crippen LogP) is 5.43. The smallest absolute Gasteiger partial charge is 0.234 e. The molecule has 0 fully saturated rings. The van der Waals surface area contributed by atoms with Gasteiger partial charge in [0.25, 0.3) is 0 Å². The number of rotatable bonds is 7. The van der Waals surface area contributed by atoms with Gasteiger partial charge in [0.2, 0.25) is 11.8 Å². The third-order valence-electron chi connectivity index (χ3n) is 5.89. The Morgan fingerprint density at radius 1 is 1.16 bits per heavy atom. The van der Waals surface area contributed by atoms with Crippen LogP contribution in [-0.4, -0.2) is 38.8 Å². The lowest BCUT2D eigenvalue weighted by Crippen LogP contribution is -2.16. The van der Waals surface area contributed by atoms with Crippen molar-refractivity contribution in [1.82, 2.24) is 15.0 Å². The fraction of sp³-hybridized carbons (Fsp3) is 0.185. The molecule has 0 spiro atoms. The first-order chi connectivity index (χ1) is 18.0. The lowest BCUT2D eigenvalue weighted by Gasteiger charge is -2.24. The Hall–Kier alpha value is -3.66. The summed E-state index contributed by atoms with van der Waals surface area (Å²) in [5.74, 6) is 2.00. The number of hydrogen-bond donors (Lipinski definition) is 2. The Bertz CT molecular complexity index is 1480. The highest BCUT2D eigenvalue weighted by Crippen LogP contribution is 2.43. The summed E-state index contributed by atoms with van der Waals surface area (Å²) in [5.41, 5.74) is 4.27. The SMILES string of the molecule is COc1ccc(NC(=O)CSc2nc(-c3ccccc3Cl)nc3c2Cc2c(CO)cnc(C)c2O3)cc1. The molecule has 1 aliphatic heterocycles. The molecule has 1 amide bonds. The molecule has 0 bridgehead atoms. The van der Waals surface area contributed by atoms with Gasteiger partial charge in [-0.25, -0.2) is 4.98 Å². The largest absolute Gasteiger partial charge is 0.497 e. The van der Waals surface area contributed by atoms with Crippen LogP contribution in [0.15, 0.2) is 59.8 Å². The fourth-order valence-electron chi connectivity index (χ4n) is 3.98. The lowest BCUT2D eigenvalue weighted by molar-refractivity contribution is -0.113. The molecule has 0 saturated carbocycles. The van der Waals surface area contributed by atoms with E-state index in [0.29, 0.717) is 62.2 Å². The minimum Gasteiger partial charge on any atom is -0.497 e. The van der Waals surface area contributed by atoms with Crippen LogP contribution in [-0.2, 0) is 17.8 Å². The number of halogens is 1. The number of amides is 1. The molecule has 2 aromatic heterocycles. The van der Waals surface area contributed by atoms with Gasteiger partial charge in [-0.05, 0) is 43.3 Å². The number of methoxy groups -OCH3 is 1. The minimum absolute atomic E-state index is 0.118. The van der Waals surface area contributed by atoms with Crippen molar-refractivity contribution in [2.24, 2.45) is 0 Å². The molecule has 1 aliphatic rings. The van der Waals surface area contributed by atoms with Crippen LogP contribution in [0.25, 0.3) is 11.4 Å². The van der Waals surface area contributed by atoms with Crippen molar-refractivity contribution in [2.45, 2.75) is 25.0 Å². The van der Waals surface area contributed by atoms with E-state index < -0.39 is 0 Å². The zero-order chi connectivity index (χ0) is 25.9. The minimum atomic E-state index is -0.185. The number of aliphatic hydroxyl groups excluding tert-OH is 1. The maximum atomic E-state index is 12.8. The maximum absolute atomic E-state index is 12.8. The Balaban J connectivity index is 1.47. The molecular formula is C27H23ClN4O4S. The zero-order valence-corrected chi connectivity index (χ0v) is 21.7. The molecule has 0 saturated heterocycles. The number of nitrogens with one attached hydrogen (secondary N) is 1. The number of carbonyl (C=O) groups is 1. The van der Waals surface area contributed by atoms with E-state index >= 15 is 0 Å². The molecule has 2 N–H and O–H groups in total. The zero-order valence-electron chi connectivity index (χ0n) is 20.1. The van der Waals surface area contributed by atoms with Crippen molar-refractivity contribution < 1.29 is 19.4 Å². The van der Waals surface area contributed by atoms with E-state index in [9.17, 15) is 9.90 Å². The number of aryl methyl sites for hydroxylation is 1. The van der Waals surface area contributed by atoms with Gasteiger partial charge in [0.05, 0.1) is 35.7 Å². The number of carbonyl (C=O) groups excluding carboxylic acids is 1. The van der Waals surface area contributed by atoms with Crippen LogP contribution in [0.5, 0.6) is 17.4 Å². The molecule has 37 heavy (non-hydrogen) atoms. The van der Waals surface area contributed by atoms with Gasteiger partial charge in [-0.15, -0.1) is 0 Å². The molecule has 10 heteroatoms. The Morgan fingerprint density at radius 3 is 2.68 bits per heavy atom. The third-order valence-corrected chi connectivity index (χ3v) is 7.23. The second-order valence-electron chi connectivity index (χ2n) is 8.29. The molecular weight excluding hydrogens is 512 g/mol. The van der Waals surface area contributed by atoms with Crippen LogP contribution in [0.2, 0.25) is 5.02 Å². The van der Waals surface area contributed by atoms with Crippen molar-refractivity contribution in [2.75, 3.05) is 18.2 Å². The van der Waals surface area contributed by atoms with Crippen LogP contribution in [0.3, 0.4) is 0 Å². The van der Waals surface area contributed by atoms with Crippen LogP contribution < -0.4 is 14.8 Å². The highest BCUT2D eigenvalue weighted by atomic mass is 35.5. The first kappa shape index (κ1) is 25.0. The molecule has 0 aliphatic carbocycles. The molecule has 0 radical (unpaired) electrons. The van der Waals surface area contributed by atoms with E-state index in [1.807, 2.05) is 25.1 Å². The number of benzene rings is 2. The second kappa shape index (κ2) is 10.8. The average Bonchev–Trinajstić information content (AvgIpc) is 2.92. The van der Waals surface area contributed by atoms with E-state index in [2.05, 4.69) is 15.3 Å². The summed E-state index contributed by atoms with van der Waals surface area (Å²) in [6, 6.07) is 14.4. The highest BCUT2D eigenvalue weighted by molar-refractivity contribution is 8.00. The normalized spacial score (nSPS) is 11.8. The molecule has 5 rings (SSSR count). The molecule has 0 atom stereocenters. The number of pyridine rings is 1. The highest BCUT2D eigenvalue weighted by Gasteiger charge is 2.28. The molecule has 3 heterocycles.